The Morgan fingerprint density at radius 2 is 1.67 bits per heavy atom. The van der Waals surface area contributed by atoms with Crippen LogP contribution in [-0.2, 0) is 0 Å². The standard InChI is InChI=1S/C8H11N2O2/c1-3-11-7-5-8(12-4-2)10-6-9-7/h5H,3-4H2,1-2H3. The lowest BCUT2D eigenvalue weighted by Gasteiger charge is -2.03. The Morgan fingerprint density at radius 1 is 1.17 bits per heavy atom. The zero-order valence-electron chi connectivity index (χ0n) is 7.20. The molecule has 0 saturated heterocycles. The lowest BCUT2D eigenvalue weighted by atomic mass is 10.6. The van der Waals surface area contributed by atoms with Crippen LogP contribution >= 0.6 is 0 Å². The number of hydrogen-bond acceptors (Lipinski definition) is 4. The Labute approximate surface area is 71.6 Å². The van der Waals surface area contributed by atoms with Gasteiger partial charge in [-0.3, -0.25) is 0 Å². The van der Waals surface area contributed by atoms with Crippen molar-refractivity contribution in [3.8, 4) is 11.8 Å². The van der Waals surface area contributed by atoms with E-state index in [1.807, 2.05) is 13.8 Å². The van der Waals surface area contributed by atoms with Gasteiger partial charge in [0.05, 0.1) is 19.3 Å². The first-order valence-corrected chi connectivity index (χ1v) is 3.87. The smallest absolute Gasteiger partial charge is 0.220 e. The van der Waals surface area contributed by atoms with Crippen LogP contribution in [0.2, 0.25) is 0 Å². The molecule has 0 aliphatic rings. The minimum absolute atomic E-state index is 0.496. The summed E-state index contributed by atoms with van der Waals surface area (Å²) >= 11 is 0. The molecule has 1 aromatic heterocycles. The highest BCUT2D eigenvalue weighted by Gasteiger charge is 1.98. The van der Waals surface area contributed by atoms with Gasteiger partial charge in [-0.05, 0) is 13.8 Å². The SMILES string of the molecule is CCOc1cc(OCC)n[c]n1. The Morgan fingerprint density at radius 3 is 2.08 bits per heavy atom. The van der Waals surface area contributed by atoms with Crippen molar-refractivity contribution in [2.45, 2.75) is 13.8 Å². The third-order valence-electron chi connectivity index (χ3n) is 1.15. The van der Waals surface area contributed by atoms with Crippen molar-refractivity contribution in [2.75, 3.05) is 13.2 Å². The van der Waals surface area contributed by atoms with E-state index in [1.54, 1.807) is 6.07 Å². The summed E-state index contributed by atoms with van der Waals surface area (Å²) in [5.41, 5.74) is 0. The van der Waals surface area contributed by atoms with E-state index >= 15 is 0 Å². The normalized spacial score (nSPS) is 9.50. The molecule has 0 amide bonds. The van der Waals surface area contributed by atoms with Crippen LogP contribution in [0.15, 0.2) is 6.07 Å². The maximum Gasteiger partial charge on any atom is 0.220 e. The van der Waals surface area contributed by atoms with E-state index in [0.717, 1.165) is 0 Å². The summed E-state index contributed by atoms with van der Waals surface area (Å²) in [6.07, 6.45) is 2.45. The van der Waals surface area contributed by atoms with Crippen LogP contribution in [-0.4, -0.2) is 23.2 Å². The zero-order valence-corrected chi connectivity index (χ0v) is 7.20. The molecule has 0 N–H and O–H groups in total. The van der Waals surface area contributed by atoms with Crippen molar-refractivity contribution in [3.05, 3.63) is 12.4 Å². The predicted octanol–water partition coefficient (Wildman–Crippen LogP) is 1.07. The molecule has 12 heavy (non-hydrogen) atoms. The first-order chi connectivity index (χ1) is 5.86. The van der Waals surface area contributed by atoms with Gasteiger partial charge in [0.15, 0.2) is 0 Å². The van der Waals surface area contributed by atoms with Gasteiger partial charge in [0, 0.05) is 0 Å². The summed E-state index contributed by atoms with van der Waals surface area (Å²) in [6, 6.07) is 1.64. The molecule has 0 spiro atoms. The number of nitrogens with zero attached hydrogens (tertiary/aromatic N) is 2. The van der Waals surface area contributed by atoms with E-state index in [1.165, 1.54) is 0 Å². The first kappa shape index (κ1) is 8.77. The summed E-state index contributed by atoms with van der Waals surface area (Å²) in [5.74, 6) is 0.993. The molecule has 1 rings (SSSR count). The van der Waals surface area contributed by atoms with Crippen LogP contribution in [0.25, 0.3) is 0 Å². The van der Waals surface area contributed by atoms with Crippen LogP contribution in [0.5, 0.6) is 11.8 Å². The molecule has 4 nitrogen and oxygen atoms in total. The van der Waals surface area contributed by atoms with E-state index in [2.05, 4.69) is 16.3 Å². The summed E-state index contributed by atoms with van der Waals surface area (Å²) < 4.78 is 10.3. The van der Waals surface area contributed by atoms with Gasteiger partial charge in [0.2, 0.25) is 18.1 Å². The van der Waals surface area contributed by atoms with E-state index in [-0.39, 0.29) is 0 Å². The van der Waals surface area contributed by atoms with Crippen molar-refractivity contribution in [1.82, 2.24) is 9.97 Å². The Bertz CT molecular complexity index is 219. The fraction of sp³-hybridized carbons (Fsp3) is 0.500. The lowest BCUT2D eigenvalue weighted by Crippen LogP contribution is -1.98. The van der Waals surface area contributed by atoms with Crippen molar-refractivity contribution >= 4 is 0 Å². The van der Waals surface area contributed by atoms with Gasteiger partial charge in [0.25, 0.3) is 0 Å². The molecule has 1 aromatic rings. The number of hydrogen-bond donors (Lipinski definition) is 0. The van der Waals surface area contributed by atoms with E-state index < -0.39 is 0 Å². The molecule has 0 aliphatic carbocycles. The van der Waals surface area contributed by atoms with Gasteiger partial charge in [-0.1, -0.05) is 0 Å². The largest absolute Gasteiger partial charge is 0.478 e. The van der Waals surface area contributed by atoms with E-state index in [9.17, 15) is 0 Å². The number of ether oxygens (including phenoxy) is 2. The molecule has 0 bridgehead atoms. The summed E-state index contributed by atoms with van der Waals surface area (Å²) in [7, 11) is 0. The maximum atomic E-state index is 5.13. The van der Waals surface area contributed by atoms with Crippen LogP contribution in [0.3, 0.4) is 0 Å². The molecular weight excluding hydrogens is 156 g/mol. The molecule has 1 heterocycles. The molecule has 4 heteroatoms. The lowest BCUT2D eigenvalue weighted by molar-refractivity contribution is 0.304. The van der Waals surface area contributed by atoms with Gasteiger partial charge < -0.3 is 9.47 Å². The van der Waals surface area contributed by atoms with Crippen molar-refractivity contribution in [2.24, 2.45) is 0 Å². The van der Waals surface area contributed by atoms with Gasteiger partial charge in [-0.2, -0.15) is 9.97 Å². The summed E-state index contributed by atoms with van der Waals surface area (Å²) in [4.78, 5) is 7.55. The molecule has 65 valence electrons. The fourth-order valence-electron chi connectivity index (χ4n) is 0.737. The summed E-state index contributed by atoms with van der Waals surface area (Å²) in [5, 5.41) is 0. The molecule has 0 aromatic carbocycles. The van der Waals surface area contributed by atoms with Crippen molar-refractivity contribution in [1.29, 1.82) is 0 Å². The zero-order chi connectivity index (χ0) is 8.81. The molecule has 0 aliphatic heterocycles. The molecule has 0 atom stereocenters. The second-order valence-corrected chi connectivity index (χ2v) is 2.01. The second-order valence-electron chi connectivity index (χ2n) is 2.01. The Kier molecular flexibility index (Phi) is 3.32. The van der Waals surface area contributed by atoms with Crippen LogP contribution in [0.1, 0.15) is 13.8 Å². The molecular formula is C8H11N2O2. The fourth-order valence-corrected chi connectivity index (χ4v) is 0.737. The van der Waals surface area contributed by atoms with Gasteiger partial charge in [-0.25, -0.2) is 0 Å². The number of rotatable bonds is 4. The maximum absolute atomic E-state index is 5.13. The highest BCUT2D eigenvalue weighted by atomic mass is 16.5. The predicted molar refractivity (Wildman–Crippen MR) is 43.2 cm³/mol. The summed E-state index contributed by atoms with van der Waals surface area (Å²) in [6.45, 7) is 4.94. The van der Waals surface area contributed by atoms with E-state index in [0.29, 0.717) is 25.0 Å². The molecule has 1 radical (unpaired) electrons. The van der Waals surface area contributed by atoms with Gasteiger partial charge in [-0.15, -0.1) is 0 Å². The first-order valence-electron chi connectivity index (χ1n) is 3.87. The quantitative estimate of drug-likeness (QED) is 0.673. The van der Waals surface area contributed by atoms with Crippen LogP contribution in [0.4, 0.5) is 0 Å². The van der Waals surface area contributed by atoms with Crippen molar-refractivity contribution < 1.29 is 9.47 Å². The average Bonchev–Trinajstić information content (AvgIpc) is 2.06. The third-order valence-corrected chi connectivity index (χ3v) is 1.15. The third kappa shape index (κ3) is 2.38. The minimum Gasteiger partial charge on any atom is -0.478 e. The van der Waals surface area contributed by atoms with Gasteiger partial charge >= 0.3 is 0 Å². The van der Waals surface area contributed by atoms with E-state index in [4.69, 9.17) is 9.47 Å². The highest BCUT2D eigenvalue weighted by molar-refractivity contribution is 5.17. The Hall–Kier alpha value is -1.32. The van der Waals surface area contributed by atoms with Gasteiger partial charge in [0.1, 0.15) is 0 Å². The minimum atomic E-state index is 0.496. The molecule has 0 saturated carbocycles. The molecule has 0 fully saturated rings. The van der Waals surface area contributed by atoms with Crippen LogP contribution < -0.4 is 9.47 Å². The van der Waals surface area contributed by atoms with Crippen molar-refractivity contribution in [3.63, 3.8) is 0 Å². The average molecular weight is 167 g/mol. The Balaban J connectivity index is 2.67. The highest BCUT2D eigenvalue weighted by Crippen LogP contribution is 2.11. The second kappa shape index (κ2) is 4.54. The number of aromatic nitrogens is 2. The monoisotopic (exact) mass is 167 g/mol. The molecule has 0 unspecified atom stereocenters. The topological polar surface area (TPSA) is 44.2 Å². The van der Waals surface area contributed by atoms with Crippen LogP contribution in [0, 0.1) is 6.33 Å².